The van der Waals surface area contributed by atoms with Gasteiger partial charge >= 0.3 is 11.9 Å². The molecular weight excluding hydrogens is 891 g/mol. The first-order chi connectivity index (χ1) is 32.0. The van der Waals surface area contributed by atoms with Crippen molar-refractivity contribution in [1.82, 2.24) is 30.4 Å². The van der Waals surface area contributed by atoms with Gasteiger partial charge in [0.05, 0.1) is 26.4 Å². The summed E-state index contributed by atoms with van der Waals surface area (Å²) >= 11 is 13.5. The lowest BCUT2D eigenvalue weighted by atomic mass is 9.92. The Labute approximate surface area is 396 Å². The molecule has 2 aromatic carbocycles. The number of benzene rings is 2. The van der Waals surface area contributed by atoms with Crippen LogP contribution in [0.1, 0.15) is 59.1 Å². The Hall–Kier alpha value is -4.78. The van der Waals surface area contributed by atoms with Crippen molar-refractivity contribution in [3.8, 4) is 34.6 Å². The summed E-state index contributed by atoms with van der Waals surface area (Å²) in [6, 6.07) is 15.8. The molecule has 0 atom stereocenters. The molecule has 2 saturated heterocycles. The second-order valence-electron chi connectivity index (χ2n) is 16.2. The molecule has 2 aliphatic rings. The van der Waals surface area contributed by atoms with Crippen LogP contribution in [0.15, 0.2) is 48.5 Å². The average Bonchev–Trinajstić information content (AvgIpc) is 3.30. The van der Waals surface area contributed by atoms with Crippen LogP contribution in [0, 0.1) is 13.8 Å². The van der Waals surface area contributed by atoms with Crippen molar-refractivity contribution in [2.75, 3.05) is 92.0 Å². The number of pyridine rings is 2. The molecule has 66 heavy (non-hydrogen) atoms. The lowest BCUT2D eigenvalue weighted by Crippen LogP contribution is -2.38. The molecule has 2 aliphatic heterocycles. The first kappa shape index (κ1) is 50.6. The number of aromatic nitrogens is 2. The molecular formula is C48H62Cl2N6O10. The smallest absolute Gasteiger partial charge is 0.303 e. The quantitative estimate of drug-likeness (QED) is 0.0471. The number of rotatable bonds is 27. The average molecular weight is 954 g/mol. The van der Waals surface area contributed by atoms with E-state index in [4.69, 9.17) is 71.8 Å². The van der Waals surface area contributed by atoms with Crippen molar-refractivity contribution in [2.45, 2.75) is 65.8 Å². The molecule has 358 valence electrons. The van der Waals surface area contributed by atoms with Gasteiger partial charge in [0, 0.05) is 76.3 Å². The molecule has 0 aliphatic carbocycles. The Morgan fingerprint density at radius 3 is 1.42 bits per heavy atom. The summed E-state index contributed by atoms with van der Waals surface area (Å²) < 4.78 is 36.0. The van der Waals surface area contributed by atoms with E-state index in [2.05, 4.69) is 46.4 Å². The molecule has 4 heterocycles. The SMILES string of the molecule is Cc1c(COc2nc(OCCN3CCOCC3)c(CNCCCC(=O)O)cc2Cl)cccc1-c1cccc(COc2nc(OCCN3CCOCC3)c(CNCCCC(=O)O)cc2Cl)c1C. The van der Waals surface area contributed by atoms with Gasteiger partial charge in [0.2, 0.25) is 23.5 Å². The molecule has 16 nitrogen and oxygen atoms in total. The Morgan fingerprint density at radius 1 is 0.621 bits per heavy atom. The van der Waals surface area contributed by atoms with Crippen LogP contribution in [-0.4, -0.2) is 134 Å². The van der Waals surface area contributed by atoms with Gasteiger partial charge in [-0.3, -0.25) is 19.4 Å². The predicted molar refractivity (Wildman–Crippen MR) is 251 cm³/mol. The van der Waals surface area contributed by atoms with Gasteiger partial charge in [-0.2, -0.15) is 9.97 Å². The lowest BCUT2D eigenvalue weighted by molar-refractivity contribution is -0.138. The maximum absolute atomic E-state index is 11.0. The van der Waals surface area contributed by atoms with Crippen LogP contribution in [0.5, 0.6) is 23.5 Å². The van der Waals surface area contributed by atoms with Crippen LogP contribution < -0.4 is 29.6 Å². The number of hydrogen-bond donors (Lipinski definition) is 4. The van der Waals surface area contributed by atoms with E-state index in [1.807, 2.05) is 24.3 Å². The lowest BCUT2D eigenvalue weighted by Gasteiger charge is -2.26. The van der Waals surface area contributed by atoms with Crippen molar-refractivity contribution < 1.29 is 48.2 Å². The van der Waals surface area contributed by atoms with E-state index in [0.29, 0.717) is 100 Å². The fraction of sp³-hybridized carbons (Fsp3) is 0.500. The Balaban J connectivity index is 1.13. The number of carboxylic acid groups (broad SMARTS) is 2. The number of nitrogens with one attached hydrogen (secondary N) is 2. The molecule has 0 amide bonds. The van der Waals surface area contributed by atoms with E-state index < -0.39 is 11.9 Å². The Morgan fingerprint density at radius 2 is 1.03 bits per heavy atom. The molecule has 4 aromatic rings. The third-order valence-corrected chi connectivity index (χ3v) is 12.0. The number of hydrogen-bond acceptors (Lipinski definition) is 14. The molecule has 2 aromatic heterocycles. The van der Waals surface area contributed by atoms with Crippen molar-refractivity contribution >= 4 is 35.1 Å². The van der Waals surface area contributed by atoms with Gasteiger partial charge in [0.1, 0.15) is 36.5 Å². The third kappa shape index (κ3) is 15.7. The van der Waals surface area contributed by atoms with Gasteiger partial charge in [-0.05, 0) is 85.3 Å². The minimum absolute atomic E-state index is 0.0817. The van der Waals surface area contributed by atoms with E-state index in [1.54, 1.807) is 12.1 Å². The summed E-state index contributed by atoms with van der Waals surface area (Å²) in [6.45, 7) is 14.8. The molecule has 0 bridgehead atoms. The van der Waals surface area contributed by atoms with E-state index in [9.17, 15) is 9.59 Å². The molecule has 0 saturated carbocycles. The number of carbonyl (C=O) groups is 2. The van der Waals surface area contributed by atoms with Crippen LogP contribution in [0.3, 0.4) is 0 Å². The second-order valence-corrected chi connectivity index (χ2v) is 17.0. The maximum Gasteiger partial charge on any atom is 0.303 e. The van der Waals surface area contributed by atoms with Gasteiger partial charge in [-0.25, -0.2) is 0 Å². The van der Waals surface area contributed by atoms with Gasteiger partial charge in [-0.15, -0.1) is 0 Å². The molecule has 2 fully saturated rings. The summed E-state index contributed by atoms with van der Waals surface area (Å²) in [4.78, 5) is 36.0. The number of morpholine rings is 2. The summed E-state index contributed by atoms with van der Waals surface area (Å²) in [5, 5.41) is 25.3. The largest absolute Gasteiger partial charge is 0.481 e. The number of nitrogens with zero attached hydrogens (tertiary/aromatic N) is 4. The number of halogens is 2. The van der Waals surface area contributed by atoms with Crippen molar-refractivity contribution in [3.05, 3.63) is 92.0 Å². The highest BCUT2D eigenvalue weighted by atomic mass is 35.5. The van der Waals surface area contributed by atoms with Crippen LogP contribution in [0.2, 0.25) is 10.0 Å². The first-order valence-corrected chi connectivity index (χ1v) is 23.3. The number of ether oxygens (including phenoxy) is 6. The van der Waals surface area contributed by atoms with Crippen molar-refractivity contribution in [1.29, 1.82) is 0 Å². The van der Waals surface area contributed by atoms with Crippen LogP contribution in [-0.2, 0) is 45.4 Å². The van der Waals surface area contributed by atoms with Crippen LogP contribution >= 0.6 is 23.2 Å². The molecule has 4 N–H and O–H groups in total. The van der Waals surface area contributed by atoms with E-state index in [-0.39, 0.29) is 37.8 Å². The molecule has 6 rings (SSSR count). The second kappa shape index (κ2) is 26.5. The Bertz CT molecular complexity index is 2050. The van der Waals surface area contributed by atoms with Crippen LogP contribution in [0.25, 0.3) is 11.1 Å². The van der Waals surface area contributed by atoms with Crippen LogP contribution in [0.4, 0.5) is 0 Å². The number of carboxylic acids is 2. The van der Waals surface area contributed by atoms with Crippen molar-refractivity contribution in [2.24, 2.45) is 0 Å². The fourth-order valence-corrected chi connectivity index (χ4v) is 8.07. The molecule has 0 unspecified atom stereocenters. The molecule has 0 spiro atoms. The van der Waals surface area contributed by atoms with E-state index >= 15 is 0 Å². The predicted octanol–water partition coefficient (Wildman–Crippen LogP) is 6.56. The number of aliphatic carboxylic acids is 2. The van der Waals surface area contributed by atoms with Gasteiger partial charge in [0.25, 0.3) is 0 Å². The minimum Gasteiger partial charge on any atom is -0.481 e. The zero-order valence-electron chi connectivity index (χ0n) is 37.9. The summed E-state index contributed by atoms with van der Waals surface area (Å²) in [6.07, 6.45) is 1.15. The molecule has 18 heteroatoms. The summed E-state index contributed by atoms with van der Waals surface area (Å²) in [5.41, 5.74) is 7.58. The zero-order valence-corrected chi connectivity index (χ0v) is 39.4. The first-order valence-electron chi connectivity index (χ1n) is 22.6. The highest BCUT2D eigenvalue weighted by Crippen LogP contribution is 2.35. The minimum atomic E-state index is -0.832. The van der Waals surface area contributed by atoms with Gasteiger partial charge in [-0.1, -0.05) is 59.6 Å². The van der Waals surface area contributed by atoms with Gasteiger partial charge < -0.3 is 49.3 Å². The third-order valence-electron chi connectivity index (χ3n) is 11.5. The standard InChI is InChI=1S/C48H62Cl2N6O10/c1-33-35(31-65-47-41(49)27-37(29-51-13-5-11-43(57)58)45(53-47)63-25-19-55-15-21-61-22-16-55)7-3-9-39(33)40-10-4-8-36(34(40)2)32-66-48-42(50)28-38(30-52-14-6-12-44(59)60)46(54-48)64-26-20-56-17-23-62-24-18-56/h3-4,7-10,27-28,51-52H,5-6,11-26,29-32H2,1-2H3,(H,57,58)(H,59,60). The highest BCUT2D eigenvalue weighted by molar-refractivity contribution is 6.32. The van der Waals surface area contributed by atoms with E-state index in [0.717, 1.165) is 83.8 Å². The van der Waals surface area contributed by atoms with Crippen molar-refractivity contribution in [3.63, 3.8) is 0 Å². The molecule has 0 radical (unpaired) electrons. The Kier molecular flexibility index (Phi) is 20.4. The topological polar surface area (TPSA) is 186 Å². The normalized spacial score (nSPS) is 14.5. The maximum atomic E-state index is 11.0. The summed E-state index contributed by atoms with van der Waals surface area (Å²) in [5.74, 6) is -0.328. The van der Waals surface area contributed by atoms with Gasteiger partial charge in [0.15, 0.2) is 0 Å². The monoisotopic (exact) mass is 952 g/mol. The summed E-state index contributed by atoms with van der Waals surface area (Å²) in [7, 11) is 0. The zero-order chi connectivity index (χ0) is 46.7. The highest BCUT2D eigenvalue weighted by Gasteiger charge is 2.19. The van der Waals surface area contributed by atoms with E-state index in [1.165, 1.54) is 0 Å². The fourth-order valence-electron chi connectivity index (χ4n) is 7.62.